The van der Waals surface area contributed by atoms with Crippen molar-refractivity contribution in [2.45, 2.75) is 12.5 Å². The minimum absolute atomic E-state index is 0.0617. The van der Waals surface area contributed by atoms with Gasteiger partial charge in [0, 0.05) is 12.6 Å². The minimum atomic E-state index is -0.595. The molecule has 0 saturated heterocycles. The summed E-state index contributed by atoms with van der Waals surface area (Å²) in [5.41, 5.74) is 1.12. The summed E-state index contributed by atoms with van der Waals surface area (Å²) < 4.78 is 11.2. The van der Waals surface area contributed by atoms with Gasteiger partial charge < -0.3 is 19.0 Å². The Labute approximate surface area is 189 Å². The van der Waals surface area contributed by atoms with Crippen LogP contribution in [-0.2, 0) is 0 Å². The molecule has 4 rings (SSSR count). The van der Waals surface area contributed by atoms with Crippen molar-refractivity contribution < 1.29 is 13.9 Å². The number of carbonyl (C=O) groups excluding carboxylic acids is 1. The van der Waals surface area contributed by atoms with E-state index in [-0.39, 0.29) is 17.1 Å². The summed E-state index contributed by atoms with van der Waals surface area (Å²) in [5.74, 6) is 0.295. The highest BCUT2D eigenvalue weighted by molar-refractivity contribution is 6.42. The first-order chi connectivity index (χ1) is 14.8. The van der Waals surface area contributed by atoms with Crippen LogP contribution in [0.3, 0.4) is 0 Å². The van der Waals surface area contributed by atoms with Crippen molar-refractivity contribution in [2.75, 3.05) is 34.3 Å². The third-order valence-electron chi connectivity index (χ3n) is 5.44. The highest BCUT2D eigenvalue weighted by atomic mass is 35.5. The van der Waals surface area contributed by atoms with Crippen LogP contribution in [0.2, 0.25) is 10.0 Å². The Morgan fingerprint density at radius 3 is 2.55 bits per heavy atom. The van der Waals surface area contributed by atoms with Gasteiger partial charge in [-0.05, 0) is 56.9 Å². The van der Waals surface area contributed by atoms with E-state index in [1.54, 1.807) is 41.3 Å². The van der Waals surface area contributed by atoms with Crippen LogP contribution in [0.5, 0.6) is 5.75 Å². The largest absolute Gasteiger partial charge is 0.497 e. The number of fused-ring (bicyclic) bond motifs is 2. The fourth-order valence-corrected chi connectivity index (χ4v) is 4.25. The van der Waals surface area contributed by atoms with Crippen molar-refractivity contribution in [3.63, 3.8) is 0 Å². The molecule has 2 aromatic carbocycles. The topological polar surface area (TPSA) is 63.0 Å². The standard InChI is InChI=1S/C23H22Cl2N2O4/c1-26(2)9-4-10-27-20(13-5-8-16(24)17(25)11-13)19-21(28)15-7-6-14(30-3)12-18(15)31-22(19)23(27)29/h5-8,11-12,20H,4,9-10H2,1-3H3/t20-/m0/s1. The molecular weight excluding hydrogens is 439 g/mol. The van der Waals surface area contributed by atoms with Gasteiger partial charge in [0.05, 0.1) is 34.1 Å². The lowest BCUT2D eigenvalue weighted by Crippen LogP contribution is -2.32. The number of nitrogens with zero attached hydrogens (tertiary/aromatic N) is 2. The molecule has 162 valence electrons. The maximum absolute atomic E-state index is 13.5. The van der Waals surface area contributed by atoms with Gasteiger partial charge in [0.25, 0.3) is 5.91 Å². The lowest BCUT2D eigenvalue weighted by molar-refractivity contribution is 0.0722. The second-order valence-corrected chi connectivity index (χ2v) is 8.58. The Morgan fingerprint density at radius 2 is 1.87 bits per heavy atom. The van der Waals surface area contributed by atoms with E-state index >= 15 is 0 Å². The number of methoxy groups -OCH3 is 1. The summed E-state index contributed by atoms with van der Waals surface area (Å²) >= 11 is 12.4. The molecule has 1 atom stereocenters. The minimum Gasteiger partial charge on any atom is -0.497 e. The van der Waals surface area contributed by atoms with Crippen LogP contribution in [-0.4, -0.2) is 50.0 Å². The molecule has 0 unspecified atom stereocenters. The number of halogens is 2. The van der Waals surface area contributed by atoms with E-state index in [1.807, 2.05) is 19.0 Å². The highest BCUT2D eigenvalue weighted by Gasteiger charge is 2.42. The Hall–Kier alpha value is -2.54. The first-order valence-electron chi connectivity index (χ1n) is 9.87. The Balaban J connectivity index is 1.89. The molecule has 2 heterocycles. The molecule has 1 amide bonds. The summed E-state index contributed by atoms with van der Waals surface area (Å²) in [4.78, 5) is 30.6. The van der Waals surface area contributed by atoms with Crippen LogP contribution >= 0.6 is 23.2 Å². The van der Waals surface area contributed by atoms with Crippen molar-refractivity contribution >= 4 is 40.1 Å². The van der Waals surface area contributed by atoms with Crippen LogP contribution in [0, 0.1) is 0 Å². The number of amides is 1. The van der Waals surface area contributed by atoms with Gasteiger partial charge in [-0.2, -0.15) is 0 Å². The molecule has 6 nitrogen and oxygen atoms in total. The fourth-order valence-electron chi connectivity index (χ4n) is 3.94. The van der Waals surface area contributed by atoms with E-state index in [1.165, 1.54) is 7.11 Å². The third-order valence-corrected chi connectivity index (χ3v) is 6.18. The first kappa shape index (κ1) is 21.7. The summed E-state index contributed by atoms with van der Waals surface area (Å²) in [6.45, 7) is 1.26. The van der Waals surface area contributed by atoms with E-state index < -0.39 is 6.04 Å². The molecule has 8 heteroatoms. The van der Waals surface area contributed by atoms with Crippen molar-refractivity contribution in [3.8, 4) is 5.75 Å². The molecule has 0 N–H and O–H groups in total. The summed E-state index contributed by atoms with van der Waals surface area (Å²) in [6, 6.07) is 9.55. The summed E-state index contributed by atoms with van der Waals surface area (Å²) in [5, 5.41) is 1.17. The van der Waals surface area contributed by atoms with Crippen LogP contribution < -0.4 is 10.2 Å². The number of carbonyl (C=O) groups is 1. The van der Waals surface area contributed by atoms with Crippen molar-refractivity contribution in [1.29, 1.82) is 0 Å². The molecule has 0 fully saturated rings. The molecule has 0 radical (unpaired) electrons. The van der Waals surface area contributed by atoms with Gasteiger partial charge in [-0.3, -0.25) is 9.59 Å². The second-order valence-electron chi connectivity index (χ2n) is 7.77. The molecule has 0 bridgehead atoms. The van der Waals surface area contributed by atoms with Gasteiger partial charge in [-0.1, -0.05) is 29.3 Å². The van der Waals surface area contributed by atoms with Crippen molar-refractivity contribution in [2.24, 2.45) is 0 Å². The quantitative estimate of drug-likeness (QED) is 0.537. The average molecular weight is 461 g/mol. The van der Waals surface area contributed by atoms with Gasteiger partial charge in [-0.25, -0.2) is 0 Å². The molecule has 1 aromatic heterocycles. The van der Waals surface area contributed by atoms with Crippen LogP contribution in [0.25, 0.3) is 11.0 Å². The lowest BCUT2D eigenvalue weighted by Gasteiger charge is -2.26. The van der Waals surface area contributed by atoms with Crippen LogP contribution in [0.4, 0.5) is 0 Å². The predicted molar refractivity (Wildman–Crippen MR) is 122 cm³/mol. The smallest absolute Gasteiger partial charge is 0.290 e. The molecule has 0 saturated carbocycles. The molecular formula is C23H22Cl2N2O4. The summed E-state index contributed by atoms with van der Waals surface area (Å²) in [6.07, 6.45) is 0.742. The number of ether oxygens (including phenoxy) is 1. The molecule has 1 aliphatic heterocycles. The molecule has 1 aliphatic rings. The zero-order chi connectivity index (χ0) is 22.3. The third kappa shape index (κ3) is 3.91. The molecule has 0 spiro atoms. The normalized spacial score (nSPS) is 15.7. The number of benzene rings is 2. The maximum Gasteiger partial charge on any atom is 0.290 e. The molecule has 0 aliphatic carbocycles. The van der Waals surface area contributed by atoms with E-state index in [0.717, 1.165) is 13.0 Å². The van der Waals surface area contributed by atoms with E-state index in [2.05, 4.69) is 0 Å². The molecule has 31 heavy (non-hydrogen) atoms. The Morgan fingerprint density at radius 1 is 1.10 bits per heavy atom. The van der Waals surface area contributed by atoms with E-state index in [9.17, 15) is 9.59 Å². The zero-order valence-electron chi connectivity index (χ0n) is 17.4. The maximum atomic E-state index is 13.5. The molecule has 3 aromatic rings. The second kappa shape index (κ2) is 8.54. The van der Waals surface area contributed by atoms with Crippen molar-refractivity contribution in [3.05, 3.63) is 73.6 Å². The van der Waals surface area contributed by atoms with E-state index in [4.69, 9.17) is 32.4 Å². The lowest BCUT2D eigenvalue weighted by atomic mass is 9.98. The predicted octanol–water partition coefficient (Wildman–Crippen LogP) is 4.61. The van der Waals surface area contributed by atoms with Gasteiger partial charge in [-0.15, -0.1) is 0 Å². The monoisotopic (exact) mass is 460 g/mol. The number of rotatable bonds is 6. The van der Waals surface area contributed by atoms with Gasteiger partial charge in [0.1, 0.15) is 11.3 Å². The first-order valence-corrected chi connectivity index (χ1v) is 10.6. The zero-order valence-corrected chi connectivity index (χ0v) is 19.0. The Bertz CT molecular complexity index is 1220. The van der Waals surface area contributed by atoms with E-state index in [0.29, 0.717) is 44.4 Å². The SMILES string of the molecule is COc1ccc2c(=O)c3c(oc2c1)C(=O)N(CCCN(C)C)[C@H]3c1ccc(Cl)c(Cl)c1. The Kier molecular flexibility index (Phi) is 5.97. The average Bonchev–Trinajstić information content (AvgIpc) is 3.02. The number of hydrogen-bond donors (Lipinski definition) is 0. The van der Waals surface area contributed by atoms with Crippen LogP contribution in [0.1, 0.15) is 34.1 Å². The highest BCUT2D eigenvalue weighted by Crippen LogP contribution is 2.40. The number of hydrogen-bond acceptors (Lipinski definition) is 5. The summed E-state index contributed by atoms with van der Waals surface area (Å²) in [7, 11) is 5.48. The van der Waals surface area contributed by atoms with Crippen molar-refractivity contribution in [1.82, 2.24) is 9.80 Å². The fraction of sp³-hybridized carbons (Fsp3) is 0.304. The van der Waals surface area contributed by atoms with Gasteiger partial charge in [0.15, 0.2) is 5.43 Å². The van der Waals surface area contributed by atoms with Gasteiger partial charge >= 0.3 is 0 Å². The van der Waals surface area contributed by atoms with Gasteiger partial charge in [0.2, 0.25) is 5.76 Å². The van der Waals surface area contributed by atoms with Crippen LogP contribution in [0.15, 0.2) is 45.6 Å².